The molecule has 0 spiro atoms. The van der Waals surface area contributed by atoms with Gasteiger partial charge in [-0.15, -0.1) is 0 Å². The van der Waals surface area contributed by atoms with Crippen LogP contribution in [0.5, 0.6) is 5.75 Å². The smallest absolute Gasteiger partial charge is 0.124 e. The molecule has 0 aliphatic carbocycles. The van der Waals surface area contributed by atoms with Gasteiger partial charge in [-0.05, 0) is 42.7 Å². The second kappa shape index (κ2) is 6.84. The van der Waals surface area contributed by atoms with Crippen LogP contribution in [-0.4, -0.2) is 17.5 Å². The van der Waals surface area contributed by atoms with Gasteiger partial charge in [0.25, 0.3) is 0 Å². The molecule has 0 aromatic heterocycles. The first-order chi connectivity index (χ1) is 10.7. The molecule has 0 saturated carbocycles. The molecule has 1 aliphatic rings. The Labute approximate surface area is 141 Å². The van der Waals surface area contributed by atoms with E-state index in [9.17, 15) is 0 Å². The summed E-state index contributed by atoms with van der Waals surface area (Å²) in [5, 5.41) is 0. The van der Waals surface area contributed by atoms with Gasteiger partial charge in [-0.1, -0.05) is 47.1 Å². The van der Waals surface area contributed by atoms with E-state index >= 15 is 0 Å². The van der Waals surface area contributed by atoms with Crippen molar-refractivity contribution in [3.05, 3.63) is 63.6 Å². The van der Waals surface area contributed by atoms with Gasteiger partial charge in [-0.3, -0.25) is 4.90 Å². The first-order valence-electron chi connectivity index (χ1n) is 7.87. The maximum atomic E-state index is 6.18. The number of hydrogen-bond donors (Lipinski definition) is 0. The van der Waals surface area contributed by atoms with Crippen LogP contribution in [0.15, 0.2) is 46.9 Å². The van der Waals surface area contributed by atoms with Crippen LogP contribution in [0, 0.1) is 6.92 Å². The van der Waals surface area contributed by atoms with E-state index < -0.39 is 0 Å². The van der Waals surface area contributed by atoms with Crippen LogP contribution in [0.3, 0.4) is 0 Å². The van der Waals surface area contributed by atoms with Gasteiger partial charge in [-0.2, -0.15) is 0 Å². The van der Waals surface area contributed by atoms with Gasteiger partial charge in [0, 0.05) is 29.7 Å². The molecule has 0 amide bonds. The first-order valence-corrected chi connectivity index (χ1v) is 8.67. The highest BCUT2D eigenvalue weighted by Gasteiger charge is 2.22. The second-order valence-corrected chi connectivity index (χ2v) is 6.91. The van der Waals surface area contributed by atoms with E-state index in [0.717, 1.165) is 36.3 Å². The number of para-hydroxylation sites is 1. The van der Waals surface area contributed by atoms with Gasteiger partial charge in [0.2, 0.25) is 0 Å². The van der Waals surface area contributed by atoms with Crippen LogP contribution in [0.25, 0.3) is 0 Å². The van der Waals surface area contributed by atoms with Gasteiger partial charge in [-0.25, -0.2) is 0 Å². The van der Waals surface area contributed by atoms with E-state index in [1.165, 1.54) is 16.7 Å². The van der Waals surface area contributed by atoms with Crippen LogP contribution < -0.4 is 4.74 Å². The van der Waals surface area contributed by atoms with E-state index in [4.69, 9.17) is 4.74 Å². The third-order valence-electron chi connectivity index (χ3n) is 4.28. The average molecular weight is 360 g/mol. The topological polar surface area (TPSA) is 12.5 Å². The van der Waals surface area contributed by atoms with Gasteiger partial charge >= 0.3 is 0 Å². The fourth-order valence-electron chi connectivity index (χ4n) is 2.94. The van der Waals surface area contributed by atoms with Crippen molar-refractivity contribution in [2.45, 2.75) is 39.5 Å². The van der Waals surface area contributed by atoms with E-state index in [2.05, 4.69) is 77.1 Å². The number of fused-ring (bicyclic) bond motifs is 1. The summed E-state index contributed by atoms with van der Waals surface area (Å²) in [7, 11) is 0. The van der Waals surface area contributed by atoms with E-state index in [1.54, 1.807) is 0 Å². The van der Waals surface area contributed by atoms with Crippen molar-refractivity contribution < 1.29 is 4.74 Å². The van der Waals surface area contributed by atoms with Crippen LogP contribution in [0.2, 0.25) is 0 Å². The van der Waals surface area contributed by atoms with Crippen molar-refractivity contribution in [1.29, 1.82) is 0 Å². The van der Waals surface area contributed by atoms with Gasteiger partial charge in [0.1, 0.15) is 11.9 Å². The largest absolute Gasteiger partial charge is 0.489 e. The molecule has 1 heterocycles. The summed E-state index contributed by atoms with van der Waals surface area (Å²) in [5.41, 5.74) is 4.00. The van der Waals surface area contributed by atoms with Crippen molar-refractivity contribution in [3.63, 3.8) is 0 Å². The van der Waals surface area contributed by atoms with Crippen molar-refractivity contribution in [1.82, 2.24) is 4.90 Å². The highest BCUT2D eigenvalue weighted by molar-refractivity contribution is 9.10. The summed E-state index contributed by atoms with van der Waals surface area (Å²) in [6.45, 7) is 7.25. The molecular weight excluding hydrogens is 338 g/mol. The lowest BCUT2D eigenvalue weighted by molar-refractivity contribution is 0.139. The summed E-state index contributed by atoms with van der Waals surface area (Å²) in [6, 6.07) is 14.9. The number of hydrogen-bond acceptors (Lipinski definition) is 2. The third kappa shape index (κ3) is 3.53. The maximum Gasteiger partial charge on any atom is 0.124 e. The van der Waals surface area contributed by atoms with Crippen LogP contribution in [0.1, 0.15) is 30.0 Å². The van der Waals surface area contributed by atoms with E-state index in [0.29, 0.717) is 0 Å². The predicted molar refractivity (Wildman–Crippen MR) is 94.1 cm³/mol. The molecule has 1 aliphatic heterocycles. The lowest BCUT2D eigenvalue weighted by atomic mass is 10.1. The fourth-order valence-corrected chi connectivity index (χ4v) is 3.35. The molecule has 2 aromatic carbocycles. The monoisotopic (exact) mass is 359 g/mol. The zero-order valence-electron chi connectivity index (χ0n) is 13.2. The minimum absolute atomic E-state index is 0.260. The molecule has 116 valence electrons. The second-order valence-electron chi connectivity index (χ2n) is 6.00. The Morgan fingerprint density at radius 1 is 1.23 bits per heavy atom. The summed E-state index contributed by atoms with van der Waals surface area (Å²) in [4.78, 5) is 2.49. The van der Waals surface area contributed by atoms with E-state index in [-0.39, 0.29) is 6.10 Å². The Balaban J connectivity index is 1.85. The molecule has 2 nitrogen and oxygen atoms in total. The average Bonchev–Trinajstić information content (AvgIpc) is 2.69. The Kier molecular flexibility index (Phi) is 4.84. The number of rotatable bonds is 3. The Morgan fingerprint density at radius 2 is 2.05 bits per heavy atom. The molecular formula is C19H22BrNO. The van der Waals surface area contributed by atoms with Crippen molar-refractivity contribution in [3.8, 4) is 5.75 Å². The van der Waals surface area contributed by atoms with Gasteiger partial charge < -0.3 is 4.74 Å². The molecule has 22 heavy (non-hydrogen) atoms. The van der Waals surface area contributed by atoms with Crippen molar-refractivity contribution in [2.24, 2.45) is 0 Å². The number of nitrogens with zero attached hydrogens (tertiary/aromatic N) is 1. The molecule has 0 fully saturated rings. The number of benzene rings is 2. The lowest BCUT2D eigenvalue weighted by Crippen LogP contribution is -2.32. The molecule has 0 bridgehead atoms. The molecule has 3 rings (SSSR count). The first kappa shape index (κ1) is 15.6. The Hall–Kier alpha value is -1.32. The number of ether oxygens (including phenoxy) is 1. The summed E-state index contributed by atoms with van der Waals surface area (Å²) >= 11 is 3.58. The van der Waals surface area contributed by atoms with Crippen molar-refractivity contribution >= 4 is 15.9 Å². The summed E-state index contributed by atoms with van der Waals surface area (Å²) < 4.78 is 7.32. The quantitative estimate of drug-likeness (QED) is 0.770. The molecule has 0 N–H and O–H groups in total. The van der Waals surface area contributed by atoms with Crippen LogP contribution in [-0.2, 0) is 13.1 Å². The standard InChI is InChI=1S/C19H22BrNO/c1-3-18-13-21(11-15-6-4-5-7-19(15)22-18)12-16-10-17(20)9-8-14(16)2/h4-10,18H,3,11-13H2,1-2H3/t18-/m1/s1. The fraction of sp³-hybridized carbons (Fsp3) is 0.368. The van der Waals surface area contributed by atoms with Crippen molar-refractivity contribution in [2.75, 3.05) is 6.54 Å². The van der Waals surface area contributed by atoms with Gasteiger partial charge in [0.05, 0.1) is 0 Å². The van der Waals surface area contributed by atoms with Crippen LogP contribution in [0.4, 0.5) is 0 Å². The highest BCUT2D eigenvalue weighted by atomic mass is 79.9. The highest BCUT2D eigenvalue weighted by Crippen LogP contribution is 2.27. The molecule has 3 heteroatoms. The SMILES string of the molecule is CC[C@@H]1CN(Cc2cc(Br)ccc2C)Cc2ccccc2O1. The van der Waals surface area contributed by atoms with E-state index in [1.807, 2.05) is 0 Å². The molecule has 2 aromatic rings. The molecule has 0 unspecified atom stereocenters. The normalized spacial score (nSPS) is 18.4. The summed E-state index contributed by atoms with van der Waals surface area (Å²) in [5.74, 6) is 1.04. The Morgan fingerprint density at radius 3 is 2.86 bits per heavy atom. The molecule has 0 saturated heterocycles. The lowest BCUT2D eigenvalue weighted by Gasteiger charge is -2.24. The molecule has 1 atom stereocenters. The zero-order chi connectivity index (χ0) is 15.5. The minimum Gasteiger partial charge on any atom is -0.489 e. The number of aryl methyl sites for hydroxylation is 1. The summed E-state index contributed by atoms with van der Waals surface area (Å²) in [6.07, 6.45) is 1.29. The van der Waals surface area contributed by atoms with Gasteiger partial charge in [0.15, 0.2) is 0 Å². The number of halogens is 1. The molecule has 0 radical (unpaired) electrons. The minimum atomic E-state index is 0.260. The zero-order valence-corrected chi connectivity index (χ0v) is 14.8. The Bertz CT molecular complexity index is 656. The predicted octanol–water partition coefficient (Wildman–Crippen LogP) is 4.93. The maximum absolute atomic E-state index is 6.18. The van der Waals surface area contributed by atoms with Crippen LogP contribution >= 0.6 is 15.9 Å². The third-order valence-corrected chi connectivity index (χ3v) is 4.78.